The van der Waals surface area contributed by atoms with E-state index in [1.54, 1.807) is 23.7 Å². The third kappa shape index (κ3) is 3.27. The van der Waals surface area contributed by atoms with Gasteiger partial charge in [0.2, 0.25) is 6.79 Å². The Hall–Kier alpha value is -3.62. The van der Waals surface area contributed by atoms with Gasteiger partial charge in [-0.3, -0.25) is 0 Å². The summed E-state index contributed by atoms with van der Waals surface area (Å²) in [5, 5.41) is 17.0. The normalized spacial score (nSPS) is 12.0. The lowest BCUT2D eigenvalue weighted by atomic mass is 10.2. The summed E-state index contributed by atoms with van der Waals surface area (Å²) < 4.78 is 12.2. The minimum Gasteiger partial charge on any atom is -0.454 e. The lowest BCUT2D eigenvalue weighted by Gasteiger charge is -2.09. The quantitative estimate of drug-likeness (QED) is 0.745. The van der Waals surface area contributed by atoms with Crippen molar-refractivity contribution in [1.82, 2.24) is 25.5 Å². The third-order valence-corrected chi connectivity index (χ3v) is 3.86. The van der Waals surface area contributed by atoms with E-state index in [-0.39, 0.29) is 12.8 Å². The van der Waals surface area contributed by atoms with Crippen molar-refractivity contribution in [3.8, 4) is 17.2 Å². The number of hydrogen-bond donors (Lipinski definition) is 2. The summed E-state index contributed by atoms with van der Waals surface area (Å²) >= 11 is 0. The number of hydrogen-bond acceptors (Lipinski definition) is 6. The number of carbonyl (C=O) groups excluding carboxylic acids is 1. The van der Waals surface area contributed by atoms with Gasteiger partial charge in [-0.15, -0.1) is 5.10 Å². The number of tetrazole rings is 1. The molecule has 2 heterocycles. The number of amides is 2. The van der Waals surface area contributed by atoms with Crippen molar-refractivity contribution < 1.29 is 14.3 Å². The number of anilines is 1. The van der Waals surface area contributed by atoms with Crippen molar-refractivity contribution in [3.63, 3.8) is 0 Å². The Bertz CT molecular complexity index is 955. The molecule has 9 nitrogen and oxygen atoms in total. The maximum absolute atomic E-state index is 12.2. The molecule has 132 valence electrons. The van der Waals surface area contributed by atoms with E-state index in [9.17, 15) is 4.79 Å². The van der Waals surface area contributed by atoms with Crippen LogP contribution in [0.1, 0.15) is 11.4 Å². The van der Waals surface area contributed by atoms with E-state index in [4.69, 9.17) is 9.47 Å². The van der Waals surface area contributed by atoms with E-state index in [0.29, 0.717) is 29.6 Å². The van der Waals surface area contributed by atoms with Crippen LogP contribution in [0, 0.1) is 6.92 Å². The molecule has 2 aromatic carbocycles. The molecule has 1 aromatic heterocycles. The van der Waals surface area contributed by atoms with E-state index in [1.807, 2.05) is 30.3 Å². The molecular formula is C17H16N6O3. The van der Waals surface area contributed by atoms with Crippen molar-refractivity contribution in [2.45, 2.75) is 13.5 Å². The molecule has 0 atom stereocenters. The van der Waals surface area contributed by atoms with E-state index in [0.717, 1.165) is 11.3 Å². The van der Waals surface area contributed by atoms with E-state index < -0.39 is 0 Å². The highest BCUT2D eigenvalue weighted by atomic mass is 16.7. The predicted octanol–water partition coefficient (Wildman–Crippen LogP) is 2.02. The van der Waals surface area contributed by atoms with Crippen molar-refractivity contribution in [2.24, 2.45) is 0 Å². The zero-order valence-corrected chi connectivity index (χ0v) is 14.0. The van der Waals surface area contributed by atoms with Crippen molar-refractivity contribution in [1.29, 1.82) is 0 Å². The van der Waals surface area contributed by atoms with Gasteiger partial charge in [-0.2, -0.15) is 4.68 Å². The number of fused-ring (bicyclic) bond motifs is 1. The molecule has 1 aliphatic rings. The molecule has 2 N–H and O–H groups in total. The van der Waals surface area contributed by atoms with Gasteiger partial charge in [0, 0.05) is 12.2 Å². The van der Waals surface area contributed by atoms with Crippen LogP contribution in [0.2, 0.25) is 0 Å². The molecule has 4 rings (SSSR count). The summed E-state index contributed by atoms with van der Waals surface area (Å²) in [6, 6.07) is 12.5. The van der Waals surface area contributed by atoms with Gasteiger partial charge in [0.05, 0.1) is 5.69 Å². The van der Waals surface area contributed by atoms with Crippen LogP contribution >= 0.6 is 0 Å². The molecule has 9 heteroatoms. The fourth-order valence-corrected chi connectivity index (χ4v) is 2.59. The Balaban J connectivity index is 1.38. The highest BCUT2D eigenvalue weighted by Crippen LogP contribution is 2.32. The fraction of sp³-hybridized carbons (Fsp3) is 0.176. The number of benzene rings is 2. The van der Waals surface area contributed by atoms with Crippen LogP contribution in [0.15, 0.2) is 42.5 Å². The Labute approximate surface area is 148 Å². The predicted molar refractivity (Wildman–Crippen MR) is 92.3 cm³/mol. The Morgan fingerprint density at radius 2 is 2.08 bits per heavy atom. The zero-order chi connectivity index (χ0) is 17.9. The second kappa shape index (κ2) is 6.71. The molecule has 26 heavy (non-hydrogen) atoms. The summed E-state index contributed by atoms with van der Waals surface area (Å²) in [4.78, 5) is 12.2. The monoisotopic (exact) mass is 352 g/mol. The van der Waals surface area contributed by atoms with Crippen molar-refractivity contribution in [3.05, 3.63) is 53.9 Å². The molecule has 0 unspecified atom stereocenters. The van der Waals surface area contributed by atoms with Gasteiger partial charge in [0.25, 0.3) is 0 Å². The highest BCUT2D eigenvalue weighted by Gasteiger charge is 2.13. The first-order chi connectivity index (χ1) is 12.7. The number of aromatic nitrogens is 4. The van der Waals surface area contributed by atoms with Gasteiger partial charge >= 0.3 is 6.03 Å². The average molecular weight is 352 g/mol. The van der Waals surface area contributed by atoms with Crippen molar-refractivity contribution in [2.75, 3.05) is 12.1 Å². The number of carbonyl (C=O) groups is 1. The highest BCUT2D eigenvalue weighted by molar-refractivity contribution is 5.89. The molecule has 0 fully saturated rings. The zero-order valence-electron chi connectivity index (χ0n) is 14.0. The number of nitrogens with one attached hydrogen (secondary N) is 2. The summed E-state index contributed by atoms with van der Waals surface area (Å²) in [6.07, 6.45) is 0. The number of nitrogens with zero attached hydrogens (tertiary/aromatic N) is 4. The minimum absolute atomic E-state index is 0.226. The van der Waals surface area contributed by atoms with Crippen LogP contribution in [-0.2, 0) is 6.54 Å². The molecular weight excluding hydrogens is 336 g/mol. The number of urea groups is 1. The molecule has 2 amide bonds. The number of aryl methyl sites for hydroxylation is 1. The van der Waals surface area contributed by atoms with Gasteiger partial charge in [-0.25, -0.2) is 4.79 Å². The first-order valence-corrected chi connectivity index (χ1v) is 7.98. The van der Waals surface area contributed by atoms with Gasteiger partial charge in [-0.1, -0.05) is 12.1 Å². The van der Waals surface area contributed by atoms with Gasteiger partial charge < -0.3 is 20.1 Å². The molecule has 3 aromatic rings. The van der Waals surface area contributed by atoms with Gasteiger partial charge in [0.15, 0.2) is 17.3 Å². The molecule has 0 aliphatic carbocycles. The maximum Gasteiger partial charge on any atom is 0.319 e. The first kappa shape index (κ1) is 15.9. The topological polar surface area (TPSA) is 103 Å². The Kier molecular flexibility index (Phi) is 4.10. The summed E-state index contributed by atoms with van der Waals surface area (Å²) in [6.45, 7) is 2.40. The second-order valence-corrected chi connectivity index (χ2v) is 5.68. The fourth-order valence-electron chi connectivity index (χ4n) is 2.59. The minimum atomic E-state index is -0.312. The van der Waals surface area contributed by atoms with E-state index >= 15 is 0 Å². The molecule has 0 saturated heterocycles. The van der Waals surface area contributed by atoms with Crippen LogP contribution in [0.25, 0.3) is 5.69 Å². The largest absolute Gasteiger partial charge is 0.454 e. The summed E-state index contributed by atoms with van der Waals surface area (Å²) in [5.74, 6) is 2.07. The molecule has 0 saturated carbocycles. The molecule has 0 spiro atoms. The van der Waals surface area contributed by atoms with Crippen LogP contribution in [0.4, 0.5) is 10.5 Å². The van der Waals surface area contributed by atoms with Crippen LogP contribution in [0.3, 0.4) is 0 Å². The average Bonchev–Trinajstić information content (AvgIpc) is 3.28. The lowest BCUT2D eigenvalue weighted by molar-refractivity contribution is 0.174. The van der Waals surface area contributed by atoms with Crippen LogP contribution in [0.5, 0.6) is 11.5 Å². The van der Waals surface area contributed by atoms with Crippen LogP contribution in [-0.4, -0.2) is 33.0 Å². The van der Waals surface area contributed by atoms with Gasteiger partial charge in [-0.05, 0) is 53.2 Å². The second-order valence-electron chi connectivity index (χ2n) is 5.68. The Morgan fingerprint density at radius 1 is 1.19 bits per heavy atom. The standard InChI is InChI=1S/C17H16N6O3/c1-11-20-21-22-23(11)14-4-2-3-13(8-14)19-17(24)18-9-12-5-6-15-16(7-12)26-10-25-15/h2-8H,9-10H2,1H3,(H2,18,19,24). The SMILES string of the molecule is Cc1nnnn1-c1cccc(NC(=O)NCc2ccc3c(c2)OCO3)c1. The number of ether oxygens (including phenoxy) is 2. The smallest absolute Gasteiger partial charge is 0.319 e. The van der Waals surface area contributed by atoms with Crippen molar-refractivity contribution >= 4 is 11.7 Å². The number of rotatable bonds is 4. The molecule has 0 bridgehead atoms. The van der Waals surface area contributed by atoms with E-state index in [1.165, 1.54) is 0 Å². The maximum atomic E-state index is 12.2. The Morgan fingerprint density at radius 3 is 2.92 bits per heavy atom. The third-order valence-electron chi connectivity index (χ3n) is 3.86. The summed E-state index contributed by atoms with van der Waals surface area (Å²) in [5.41, 5.74) is 2.32. The lowest BCUT2D eigenvalue weighted by Crippen LogP contribution is -2.28. The first-order valence-electron chi connectivity index (χ1n) is 7.98. The van der Waals surface area contributed by atoms with Gasteiger partial charge in [0.1, 0.15) is 0 Å². The molecule has 0 radical (unpaired) electrons. The van der Waals surface area contributed by atoms with E-state index in [2.05, 4.69) is 26.2 Å². The van der Waals surface area contributed by atoms with Crippen LogP contribution < -0.4 is 20.1 Å². The molecule has 1 aliphatic heterocycles. The summed E-state index contributed by atoms with van der Waals surface area (Å²) in [7, 11) is 0.